The van der Waals surface area contributed by atoms with Crippen molar-refractivity contribution < 1.29 is 0 Å². The van der Waals surface area contributed by atoms with Gasteiger partial charge in [0.2, 0.25) is 0 Å². The molecule has 0 saturated heterocycles. The lowest BCUT2D eigenvalue weighted by Crippen LogP contribution is -1.83. The van der Waals surface area contributed by atoms with Crippen LogP contribution in [-0.2, 0) is 0 Å². The van der Waals surface area contributed by atoms with Gasteiger partial charge in [-0.25, -0.2) is 9.97 Å². The van der Waals surface area contributed by atoms with Gasteiger partial charge < -0.3 is 9.97 Å². The zero-order chi connectivity index (χ0) is 16.8. The lowest BCUT2D eigenvalue weighted by atomic mass is 9.99. The molecule has 5 heteroatoms. The zero-order valence-corrected chi connectivity index (χ0v) is 13.9. The van der Waals surface area contributed by atoms with E-state index in [1.165, 1.54) is 10.9 Å². The van der Waals surface area contributed by atoms with E-state index in [9.17, 15) is 0 Å². The Morgan fingerprint density at radius 2 is 1.36 bits per heavy atom. The monoisotopic (exact) mass is 344 g/mol. The van der Waals surface area contributed by atoms with Crippen molar-refractivity contribution in [3.63, 3.8) is 0 Å². The Hall–Kier alpha value is -3.11. The molecule has 5 rings (SSSR count). The number of halogens is 1. The topological polar surface area (TPSA) is 57.4 Å². The number of nitrogens with zero attached hydrogens (tertiary/aromatic N) is 2. The number of H-pyrrole nitrogens is 2. The van der Waals surface area contributed by atoms with Gasteiger partial charge in [0.05, 0.1) is 23.7 Å². The summed E-state index contributed by atoms with van der Waals surface area (Å²) in [6.07, 6.45) is 3.33. The molecule has 2 heterocycles. The van der Waals surface area contributed by atoms with Crippen LogP contribution in [-0.4, -0.2) is 19.9 Å². The molecule has 25 heavy (non-hydrogen) atoms. The average molecular weight is 345 g/mol. The SMILES string of the molecule is Clc1[nH]cnc1-c1ccc2cc(-c3ccc4nc[nH]c4c3)ccc2c1. The van der Waals surface area contributed by atoms with Gasteiger partial charge in [-0.1, -0.05) is 41.9 Å². The van der Waals surface area contributed by atoms with Gasteiger partial charge in [0, 0.05) is 5.56 Å². The fourth-order valence-electron chi connectivity index (χ4n) is 3.17. The Kier molecular flexibility index (Phi) is 3.11. The van der Waals surface area contributed by atoms with E-state index in [2.05, 4.69) is 62.4 Å². The number of fused-ring (bicyclic) bond motifs is 2. The Bertz CT molecular complexity index is 1220. The minimum Gasteiger partial charge on any atom is -0.345 e. The maximum absolute atomic E-state index is 6.14. The molecule has 0 fully saturated rings. The smallest absolute Gasteiger partial charge is 0.134 e. The minimum absolute atomic E-state index is 0.559. The normalized spacial score (nSPS) is 11.4. The number of hydrogen-bond donors (Lipinski definition) is 2. The molecule has 0 unspecified atom stereocenters. The lowest BCUT2D eigenvalue weighted by Gasteiger charge is -2.06. The fourth-order valence-corrected chi connectivity index (χ4v) is 3.37. The molecule has 5 aromatic rings. The van der Waals surface area contributed by atoms with Crippen LogP contribution in [0.3, 0.4) is 0 Å². The molecule has 0 aliphatic carbocycles. The number of nitrogens with one attached hydrogen (secondary N) is 2. The van der Waals surface area contributed by atoms with Gasteiger partial charge in [0.15, 0.2) is 0 Å². The van der Waals surface area contributed by atoms with Crippen LogP contribution in [0.25, 0.3) is 44.2 Å². The minimum atomic E-state index is 0.559. The summed E-state index contributed by atoms with van der Waals surface area (Å²) in [4.78, 5) is 14.6. The molecule has 120 valence electrons. The largest absolute Gasteiger partial charge is 0.345 e. The summed E-state index contributed by atoms with van der Waals surface area (Å²) in [5, 5.41) is 2.89. The van der Waals surface area contributed by atoms with E-state index in [1.54, 1.807) is 12.7 Å². The molecular formula is C20H13ClN4. The summed E-state index contributed by atoms with van der Waals surface area (Å²) < 4.78 is 0. The van der Waals surface area contributed by atoms with Gasteiger partial charge in [-0.15, -0.1) is 0 Å². The van der Waals surface area contributed by atoms with Gasteiger partial charge in [-0.3, -0.25) is 0 Å². The van der Waals surface area contributed by atoms with E-state index in [0.29, 0.717) is 5.15 Å². The Morgan fingerprint density at radius 1 is 0.680 bits per heavy atom. The van der Waals surface area contributed by atoms with Crippen molar-refractivity contribution >= 4 is 33.4 Å². The molecule has 2 aromatic heterocycles. The highest BCUT2D eigenvalue weighted by Crippen LogP contribution is 2.30. The van der Waals surface area contributed by atoms with Crippen LogP contribution in [0.4, 0.5) is 0 Å². The third-order valence-electron chi connectivity index (χ3n) is 4.46. The molecule has 0 amide bonds. The van der Waals surface area contributed by atoms with Gasteiger partial charge in [0.1, 0.15) is 10.8 Å². The van der Waals surface area contributed by atoms with Crippen molar-refractivity contribution in [1.82, 2.24) is 19.9 Å². The van der Waals surface area contributed by atoms with Crippen molar-refractivity contribution in [1.29, 1.82) is 0 Å². The van der Waals surface area contributed by atoms with E-state index < -0.39 is 0 Å². The second kappa shape index (κ2) is 5.46. The highest BCUT2D eigenvalue weighted by Gasteiger charge is 2.08. The molecule has 0 spiro atoms. The molecule has 0 bridgehead atoms. The summed E-state index contributed by atoms with van der Waals surface area (Å²) >= 11 is 6.14. The summed E-state index contributed by atoms with van der Waals surface area (Å²) in [7, 11) is 0. The van der Waals surface area contributed by atoms with Crippen LogP contribution in [0.5, 0.6) is 0 Å². The highest BCUT2D eigenvalue weighted by molar-refractivity contribution is 6.31. The Balaban J connectivity index is 1.61. The Morgan fingerprint density at radius 3 is 2.16 bits per heavy atom. The number of aromatic nitrogens is 4. The quantitative estimate of drug-likeness (QED) is 0.449. The summed E-state index contributed by atoms with van der Waals surface area (Å²) in [6.45, 7) is 0. The summed E-state index contributed by atoms with van der Waals surface area (Å²) in [5.74, 6) is 0. The molecule has 3 aromatic carbocycles. The molecule has 0 aliphatic heterocycles. The van der Waals surface area contributed by atoms with Crippen LogP contribution < -0.4 is 0 Å². The van der Waals surface area contributed by atoms with E-state index >= 15 is 0 Å². The maximum Gasteiger partial charge on any atom is 0.134 e. The number of hydrogen-bond acceptors (Lipinski definition) is 2. The molecule has 4 nitrogen and oxygen atoms in total. The lowest BCUT2D eigenvalue weighted by molar-refractivity contribution is 1.31. The molecular weight excluding hydrogens is 332 g/mol. The average Bonchev–Trinajstić information content (AvgIpc) is 3.28. The van der Waals surface area contributed by atoms with Crippen molar-refractivity contribution in [2.24, 2.45) is 0 Å². The second-order valence-corrected chi connectivity index (χ2v) is 6.35. The van der Waals surface area contributed by atoms with Crippen LogP contribution in [0, 0.1) is 0 Å². The Labute approximate surface area is 148 Å². The molecule has 0 aliphatic rings. The predicted molar refractivity (Wildman–Crippen MR) is 102 cm³/mol. The van der Waals surface area contributed by atoms with Gasteiger partial charge in [0.25, 0.3) is 0 Å². The standard InChI is InChI=1S/C20H13ClN4/c21-20-19(24-11-25-20)16-4-3-12-7-13(1-2-14(12)8-16)15-5-6-17-18(9-15)23-10-22-17/h1-11H,(H,22,23)(H,24,25). The zero-order valence-electron chi connectivity index (χ0n) is 13.1. The number of rotatable bonds is 2. The predicted octanol–water partition coefficient (Wildman–Crippen LogP) is 5.43. The molecule has 0 saturated carbocycles. The van der Waals surface area contributed by atoms with E-state index in [-0.39, 0.29) is 0 Å². The molecule has 0 atom stereocenters. The van der Waals surface area contributed by atoms with Gasteiger partial charge in [-0.05, 0) is 46.2 Å². The first-order chi connectivity index (χ1) is 12.3. The van der Waals surface area contributed by atoms with Crippen LogP contribution >= 0.6 is 11.6 Å². The third kappa shape index (κ3) is 2.39. The summed E-state index contributed by atoms with van der Waals surface area (Å²) in [6, 6.07) is 19.0. The first-order valence-electron chi connectivity index (χ1n) is 7.94. The second-order valence-electron chi connectivity index (χ2n) is 5.98. The first kappa shape index (κ1) is 14.3. The van der Waals surface area contributed by atoms with Crippen LogP contribution in [0.15, 0.2) is 67.3 Å². The highest BCUT2D eigenvalue weighted by atomic mass is 35.5. The van der Waals surface area contributed by atoms with Crippen LogP contribution in [0.2, 0.25) is 5.15 Å². The van der Waals surface area contributed by atoms with Gasteiger partial charge >= 0.3 is 0 Å². The number of imidazole rings is 2. The van der Waals surface area contributed by atoms with Crippen molar-refractivity contribution in [3.8, 4) is 22.4 Å². The molecule has 2 N–H and O–H groups in total. The van der Waals surface area contributed by atoms with Crippen molar-refractivity contribution in [2.75, 3.05) is 0 Å². The fraction of sp³-hybridized carbons (Fsp3) is 0. The van der Waals surface area contributed by atoms with Crippen molar-refractivity contribution in [2.45, 2.75) is 0 Å². The molecule has 0 radical (unpaired) electrons. The van der Waals surface area contributed by atoms with Crippen LogP contribution in [0.1, 0.15) is 0 Å². The van der Waals surface area contributed by atoms with Crippen molar-refractivity contribution in [3.05, 3.63) is 72.4 Å². The van der Waals surface area contributed by atoms with E-state index in [1.807, 2.05) is 12.1 Å². The maximum atomic E-state index is 6.14. The first-order valence-corrected chi connectivity index (χ1v) is 8.32. The number of benzene rings is 3. The number of aromatic amines is 2. The van der Waals surface area contributed by atoms with E-state index in [4.69, 9.17) is 11.6 Å². The van der Waals surface area contributed by atoms with Gasteiger partial charge in [-0.2, -0.15) is 0 Å². The summed E-state index contributed by atoms with van der Waals surface area (Å²) in [5.41, 5.74) is 6.14. The third-order valence-corrected chi connectivity index (χ3v) is 4.75. The van der Waals surface area contributed by atoms with E-state index in [0.717, 1.165) is 33.2 Å².